The average molecular weight is 241 g/mol. The third-order valence-corrected chi connectivity index (χ3v) is 3.86. The lowest BCUT2D eigenvalue weighted by Crippen LogP contribution is -2.47. The SMILES string of the molecule is CCC1CN(CC2CN(C)CCO2)CCCN1. The van der Waals surface area contributed by atoms with Crippen molar-refractivity contribution in [2.45, 2.75) is 31.9 Å². The van der Waals surface area contributed by atoms with Crippen LogP contribution in [0.3, 0.4) is 0 Å². The highest BCUT2D eigenvalue weighted by molar-refractivity contribution is 4.79. The van der Waals surface area contributed by atoms with Gasteiger partial charge in [0.25, 0.3) is 0 Å². The van der Waals surface area contributed by atoms with E-state index in [1.54, 1.807) is 0 Å². The zero-order valence-electron chi connectivity index (χ0n) is 11.3. The van der Waals surface area contributed by atoms with Crippen LogP contribution in [0.5, 0.6) is 0 Å². The molecule has 1 N–H and O–H groups in total. The lowest BCUT2D eigenvalue weighted by molar-refractivity contribution is -0.0357. The van der Waals surface area contributed by atoms with Crippen molar-refractivity contribution in [3.63, 3.8) is 0 Å². The molecule has 2 aliphatic heterocycles. The predicted molar refractivity (Wildman–Crippen MR) is 70.4 cm³/mol. The van der Waals surface area contributed by atoms with Crippen molar-refractivity contribution in [1.29, 1.82) is 0 Å². The van der Waals surface area contributed by atoms with E-state index in [0.29, 0.717) is 12.1 Å². The lowest BCUT2D eigenvalue weighted by atomic mass is 10.2. The fourth-order valence-electron chi connectivity index (χ4n) is 2.78. The zero-order chi connectivity index (χ0) is 12.1. The first-order valence-electron chi connectivity index (χ1n) is 7.04. The molecular weight excluding hydrogens is 214 g/mol. The summed E-state index contributed by atoms with van der Waals surface area (Å²) < 4.78 is 5.86. The maximum absolute atomic E-state index is 5.86. The van der Waals surface area contributed by atoms with Crippen LogP contribution in [0.4, 0.5) is 0 Å². The number of likely N-dealkylation sites (N-methyl/N-ethyl adjacent to an activating group) is 1. The molecular formula is C13H27N3O. The highest BCUT2D eigenvalue weighted by atomic mass is 16.5. The summed E-state index contributed by atoms with van der Waals surface area (Å²) in [6.45, 7) is 9.99. The fraction of sp³-hybridized carbons (Fsp3) is 1.00. The minimum absolute atomic E-state index is 0.407. The van der Waals surface area contributed by atoms with Crippen LogP contribution in [-0.2, 0) is 4.74 Å². The molecule has 0 aromatic carbocycles. The monoisotopic (exact) mass is 241 g/mol. The molecule has 0 aliphatic carbocycles. The molecule has 0 aromatic rings. The van der Waals surface area contributed by atoms with Gasteiger partial charge < -0.3 is 15.0 Å². The van der Waals surface area contributed by atoms with Gasteiger partial charge in [0, 0.05) is 32.2 Å². The standard InChI is InChI=1S/C13H27N3O/c1-3-12-9-16(6-4-5-14-12)11-13-10-15(2)7-8-17-13/h12-14H,3-11H2,1-2H3. The third-order valence-electron chi connectivity index (χ3n) is 3.86. The molecule has 2 rings (SSSR count). The van der Waals surface area contributed by atoms with Gasteiger partial charge in [0.2, 0.25) is 0 Å². The maximum atomic E-state index is 5.86. The van der Waals surface area contributed by atoms with Crippen LogP contribution < -0.4 is 5.32 Å². The highest BCUT2D eigenvalue weighted by Gasteiger charge is 2.23. The molecule has 0 aromatic heterocycles. The van der Waals surface area contributed by atoms with Gasteiger partial charge in [0.1, 0.15) is 0 Å². The molecule has 100 valence electrons. The van der Waals surface area contributed by atoms with Crippen LogP contribution in [0, 0.1) is 0 Å². The lowest BCUT2D eigenvalue weighted by Gasteiger charge is -2.34. The first-order chi connectivity index (χ1) is 8.28. The van der Waals surface area contributed by atoms with Crippen molar-refractivity contribution in [3.05, 3.63) is 0 Å². The Balaban J connectivity index is 1.79. The first kappa shape index (κ1) is 13.3. The maximum Gasteiger partial charge on any atom is 0.0829 e. The Labute approximate surface area is 105 Å². The van der Waals surface area contributed by atoms with Gasteiger partial charge in [-0.15, -0.1) is 0 Å². The molecule has 0 amide bonds. The molecule has 2 unspecified atom stereocenters. The average Bonchev–Trinajstić information content (AvgIpc) is 2.54. The molecule has 2 heterocycles. The molecule has 4 heteroatoms. The Morgan fingerprint density at radius 1 is 1.29 bits per heavy atom. The summed E-state index contributed by atoms with van der Waals surface area (Å²) in [5, 5.41) is 3.61. The van der Waals surface area contributed by atoms with E-state index < -0.39 is 0 Å². The van der Waals surface area contributed by atoms with Gasteiger partial charge in [-0.3, -0.25) is 4.90 Å². The molecule has 0 spiro atoms. The largest absolute Gasteiger partial charge is 0.374 e. The zero-order valence-corrected chi connectivity index (χ0v) is 11.3. The molecule has 0 radical (unpaired) electrons. The summed E-state index contributed by atoms with van der Waals surface area (Å²) in [5.41, 5.74) is 0. The summed E-state index contributed by atoms with van der Waals surface area (Å²) in [6.07, 6.45) is 2.89. The number of nitrogens with zero attached hydrogens (tertiary/aromatic N) is 2. The van der Waals surface area contributed by atoms with Crippen LogP contribution >= 0.6 is 0 Å². The quantitative estimate of drug-likeness (QED) is 0.774. The van der Waals surface area contributed by atoms with Crippen LogP contribution in [0.2, 0.25) is 0 Å². The van der Waals surface area contributed by atoms with E-state index in [0.717, 1.165) is 26.2 Å². The molecule has 4 nitrogen and oxygen atoms in total. The summed E-state index contributed by atoms with van der Waals surface area (Å²) in [6, 6.07) is 0.666. The number of rotatable bonds is 3. The number of ether oxygens (including phenoxy) is 1. The smallest absolute Gasteiger partial charge is 0.0829 e. The second-order valence-corrected chi connectivity index (χ2v) is 5.43. The van der Waals surface area contributed by atoms with E-state index in [-0.39, 0.29) is 0 Å². The van der Waals surface area contributed by atoms with Crippen molar-refractivity contribution < 1.29 is 4.74 Å². The number of hydrogen-bond donors (Lipinski definition) is 1. The van der Waals surface area contributed by atoms with Gasteiger partial charge in [-0.25, -0.2) is 0 Å². The van der Waals surface area contributed by atoms with Gasteiger partial charge in [0.05, 0.1) is 12.7 Å². The van der Waals surface area contributed by atoms with E-state index in [4.69, 9.17) is 4.74 Å². The summed E-state index contributed by atoms with van der Waals surface area (Å²) in [7, 11) is 2.19. The van der Waals surface area contributed by atoms with Crippen molar-refractivity contribution >= 4 is 0 Å². The summed E-state index contributed by atoms with van der Waals surface area (Å²) >= 11 is 0. The van der Waals surface area contributed by atoms with Gasteiger partial charge in [-0.2, -0.15) is 0 Å². The second-order valence-electron chi connectivity index (χ2n) is 5.43. The normalized spacial score (nSPS) is 33.5. The van der Waals surface area contributed by atoms with Crippen LogP contribution in [0.15, 0.2) is 0 Å². The Morgan fingerprint density at radius 2 is 2.18 bits per heavy atom. The molecule has 2 aliphatic rings. The number of nitrogens with one attached hydrogen (secondary N) is 1. The van der Waals surface area contributed by atoms with E-state index >= 15 is 0 Å². The number of hydrogen-bond acceptors (Lipinski definition) is 4. The Morgan fingerprint density at radius 3 is 2.94 bits per heavy atom. The van der Waals surface area contributed by atoms with Gasteiger partial charge in [-0.1, -0.05) is 6.92 Å². The molecule has 0 bridgehead atoms. The van der Waals surface area contributed by atoms with Crippen LogP contribution in [0.1, 0.15) is 19.8 Å². The molecule has 2 saturated heterocycles. The molecule has 2 atom stereocenters. The van der Waals surface area contributed by atoms with Gasteiger partial charge in [-0.05, 0) is 33.0 Å². The summed E-state index contributed by atoms with van der Waals surface area (Å²) in [4.78, 5) is 4.96. The van der Waals surface area contributed by atoms with E-state index in [2.05, 4.69) is 29.1 Å². The summed E-state index contributed by atoms with van der Waals surface area (Å²) in [5.74, 6) is 0. The van der Waals surface area contributed by atoms with Gasteiger partial charge >= 0.3 is 0 Å². The van der Waals surface area contributed by atoms with Crippen molar-refractivity contribution in [1.82, 2.24) is 15.1 Å². The van der Waals surface area contributed by atoms with Crippen molar-refractivity contribution in [2.24, 2.45) is 0 Å². The van der Waals surface area contributed by atoms with Gasteiger partial charge in [0.15, 0.2) is 0 Å². The van der Waals surface area contributed by atoms with E-state index in [9.17, 15) is 0 Å². The molecule has 0 saturated carbocycles. The minimum Gasteiger partial charge on any atom is -0.374 e. The number of morpholine rings is 1. The molecule has 17 heavy (non-hydrogen) atoms. The topological polar surface area (TPSA) is 27.7 Å². The highest BCUT2D eigenvalue weighted by Crippen LogP contribution is 2.09. The molecule has 2 fully saturated rings. The Bertz CT molecular complexity index is 225. The van der Waals surface area contributed by atoms with Crippen molar-refractivity contribution in [3.8, 4) is 0 Å². The van der Waals surface area contributed by atoms with E-state index in [1.165, 1.54) is 32.5 Å². The first-order valence-corrected chi connectivity index (χ1v) is 7.04. The van der Waals surface area contributed by atoms with Crippen LogP contribution in [0.25, 0.3) is 0 Å². The fourth-order valence-corrected chi connectivity index (χ4v) is 2.78. The Kier molecular flexibility index (Phi) is 5.22. The third kappa shape index (κ3) is 4.21. The van der Waals surface area contributed by atoms with E-state index in [1.807, 2.05) is 0 Å². The minimum atomic E-state index is 0.407. The second kappa shape index (κ2) is 6.69. The van der Waals surface area contributed by atoms with Crippen molar-refractivity contribution in [2.75, 3.05) is 52.9 Å². The Hall–Kier alpha value is -0.160. The predicted octanol–water partition coefficient (Wildman–Crippen LogP) is 0.391. The van der Waals surface area contributed by atoms with Crippen LogP contribution in [-0.4, -0.2) is 74.9 Å².